The van der Waals surface area contributed by atoms with Crippen molar-refractivity contribution >= 4 is 5.69 Å². The minimum absolute atomic E-state index is 0.385. The Morgan fingerprint density at radius 1 is 1.29 bits per heavy atom. The molecular formula is C15H20F4N2. The van der Waals surface area contributed by atoms with E-state index in [1.165, 1.54) is 6.07 Å². The zero-order valence-electron chi connectivity index (χ0n) is 12.0. The van der Waals surface area contributed by atoms with Gasteiger partial charge in [-0.15, -0.1) is 0 Å². The first kappa shape index (κ1) is 16.1. The van der Waals surface area contributed by atoms with Crippen molar-refractivity contribution in [2.75, 3.05) is 24.5 Å². The lowest BCUT2D eigenvalue weighted by molar-refractivity contribution is -0.139. The number of hydrogen-bond acceptors (Lipinski definition) is 2. The van der Waals surface area contributed by atoms with Crippen LogP contribution in [-0.2, 0) is 6.18 Å². The van der Waals surface area contributed by atoms with E-state index in [1.54, 1.807) is 0 Å². The molecular weight excluding hydrogens is 284 g/mol. The van der Waals surface area contributed by atoms with Gasteiger partial charge in [-0.25, -0.2) is 4.39 Å². The lowest BCUT2D eigenvalue weighted by Gasteiger charge is -2.31. The van der Waals surface area contributed by atoms with E-state index in [2.05, 4.69) is 12.2 Å². The fourth-order valence-electron chi connectivity index (χ4n) is 2.64. The molecule has 1 fully saturated rings. The molecule has 0 saturated carbocycles. The average Bonchev–Trinajstić information content (AvgIpc) is 2.39. The van der Waals surface area contributed by atoms with E-state index in [-0.39, 0.29) is 0 Å². The van der Waals surface area contributed by atoms with Crippen LogP contribution in [0.2, 0.25) is 0 Å². The van der Waals surface area contributed by atoms with E-state index in [0.717, 1.165) is 37.9 Å². The first-order valence-corrected chi connectivity index (χ1v) is 7.27. The third-order valence-electron chi connectivity index (χ3n) is 3.90. The van der Waals surface area contributed by atoms with Crippen molar-refractivity contribution in [2.45, 2.75) is 38.4 Å². The maximum Gasteiger partial charge on any atom is 0.419 e. The molecule has 1 aromatic rings. The van der Waals surface area contributed by atoms with Crippen LogP contribution in [0.4, 0.5) is 23.2 Å². The Hall–Kier alpha value is -1.30. The molecule has 0 spiro atoms. The van der Waals surface area contributed by atoms with Gasteiger partial charge in [0.15, 0.2) is 0 Å². The molecule has 1 heterocycles. The smallest absolute Gasteiger partial charge is 0.371 e. The molecule has 1 N–H and O–H groups in total. The molecule has 0 radical (unpaired) electrons. The van der Waals surface area contributed by atoms with Crippen molar-refractivity contribution in [1.29, 1.82) is 0 Å². The summed E-state index contributed by atoms with van der Waals surface area (Å²) < 4.78 is 51.7. The monoisotopic (exact) mass is 304 g/mol. The highest BCUT2D eigenvalue weighted by Gasteiger charge is 2.34. The fraction of sp³-hybridized carbons (Fsp3) is 0.600. The summed E-state index contributed by atoms with van der Waals surface area (Å²) in [6.45, 7) is 4.28. The average molecular weight is 304 g/mol. The molecule has 0 aromatic heterocycles. The first-order valence-electron chi connectivity index (χ1n) is 7.27. The van der Waals surface area contributed by atoms with Gasteiger partial charge in [0.25, 0.3) is 0 Å². The van der Waals surface area contributed by atoms with Crippen LogP contribution >= 0.6 is 0 Å². The maximum absolute atomic E-state index is 13.3. The highest BCUT2D eigenvalue weighted by Crippen LogP contribution is 2.34. The molecule has 118 valence electrons. The molecule has 6 heteroatoms. The summed E-state index contributed by atoms with van der Waals surface area (Å²) in [7, 11) is 0. The van der Waals surface area contributed by atoms with Crippen LogP contribution in [0.3, 0.4) is 0 Å². The van der Waals surface area contributed by atoms with Gasteiger partial charge in [-0.3, -0.25) is 0 Å². The standard InChI is InChI=1S/C15H20F4N2/c1-2-11-6-9-21(8-3-7-20-11)12-4-5-14(16)13(10-12)15(17,18)19/h4-5,10-11,20H,2-3,6-9H2,1H3. The second-order valence-electron chi connectivity index (χ2n) is 5.35. The highest BCUT2D eigenvalue weighted by molar-refractivity contribution is 5.49. The molecule has 2 nitrogen and oxygen atoms in total. The van der Waals surface area contributed by atoms with Crippen LogP contribution in [0.25, 0.3) is 0 Å². The van der Waals surface area contributed by atoms with Crippen molar-refractivity contribution in [1.82, 2.24) is 5.32 Å². The lowest BCUT2D eigenvalue weighted by Crippen LogP contribution is -2.39. The van der Waals surface area contributed by atoms with Gasteiger partial charge in [0.2, 0.25) is 0 Å². The summed E-state index contributed by atoms with van der Waals surface area (Å²) in [5.41, 5.74) is -0.743. The summed E-state index contributed by atoms with van der Waals surface area (Å²) in [5.74, 6) is -1.22. The van der Waals surface area contributed by atoms with Crippen LogP contribution in [0.1, 0.15) is 31.7 Å². The summed E-state index contributed by atoms with van der Waals surface area (Å²) in [5, 5.41) is 3.42. The number of halogens is 4. The van der Waals surface area contributed by atoms with Gasteiger partial charge in [0.05, 0.1) is 5.56 Å². The molecule has 0 bridgehead atoms. The van der Waals surface area contributed by atoms with Gasteiger partial charge >= 0.3 is 6.18 Å². The van der Waals surface area contributed by atoms with E-state index in [0.29, 0.717) is 24.8 Å². The Bertz CT molecular complexity index is 473. The van der Waals surface area contributed by atoms with Crippen LogP contribution in [-0.4, -0.2) is 25.7 Å². The van der Waals surface area contributed by atoms with Crippen LogP contribution in [0.5, 0.6) is 0 Å². The SMILES string of the molecule is CCC1CCN(c2ccc(F)c(C(F)(F)F)c2)CCCN1. The zero-order chi connectivity index (χ0) is 15.5. The molecule has 1 saturated heterocycles. The second-order valence-corrected chi connectivity index (χ2v) is 5.35. The number of nitrogens with one attached hydrogen (secondary N) is 1. The summed E-state index contributed by atoms with van der Waals surface area (Å²) in [6, 6.07) is 3.65. The van der Waals surface area contributed by atoms with Gasteiger partial charge in [0.1, 0.15) is 5.82 Å². The minimum atomic E-state index is -4.66. The second kappa shape index (κ2) is 6.64. The molecule has 1 aromatic carbocycles. The number of anilines is 1. The number of rotatable bonds is 2. The Kier molecular flexibility index (Phi) is 5.08. The van der Waals surface area contributed by atoms with Gasteiger partial charge < -0.3 is 10.2 Å². The van der Waals surface area contributed by atoms with Crippen LogP contribution in [0, 0.1) is 5.82 Å². The highest BCUT2D eigenvalue weighted by atomic mass is 19.4. The van der Waals surface area contributed by atoms with Crippen LogP contribution < -0.4 is 10.2 Å². The van der Waals surface area contributed by atoms with E-state index in [1.807, 2.05) is 4.90 Å². The molecule has 1 aliphatic rings. The van der Waals surface area contributed by atoms with Gasteiger partial charge in [-0.1, -0.05) is 6.92 Å². The van der Waals surface area contributed by atoms with Gasteiger partial charge in [0, 0.05) is 24.8 Å². The first-order chi connectivity index (χ1) is 9.91. The van der Waals surface area contributed by atoms with E-state index >= 15 is 0 Å². The number of hydrogen-bond donors (Lipinski definition) is 1. The van der Waals surface area contributed by atoms with Crippen molar-refractivity contribution in [3.05, 3.63) is 29.6 Å². The summed E-state index contributed by atoms with van der Waals surface area (Å²) >= 11 is 0. The predicted octanol–water partition coefficient (Wildman–Crippen LogP) is 3.81. The maximum atomic E-state index is 13.3. The zero-order valence-corrected chi connectivity index (χ0v) is 12.0. The van der Waals surface area contributed by atoms with Crippen LogP contribution in [0.15, 0.2) is 18.2 Å². The Morgan fingerprint density at radius 2 is 2.05 bits per heavy atom. The van der Waals surface area contributed by atoms with Gasteiger partial charge in [-0.05, 0) is 44.0 Å². The Labute approximate surface area is 122 Å². The van der Waals surface area contributed by atoms with E-state index in [9.17, 15) is 17.6 Å². The topological polar surface area (TPSA) is 15.3 Å². The van der Waals surface area contributed by atoms with Crippen molar-refractivity contribution in [3.8, 4) is 0 Å². The molecule has 21 heavy (non-hydrogen) atoms. The number of benzene rings is 1. The lowest BCUT2D eigenvalue weighted by atomic mass is 10.1. The molecule has 1 aliphatic heterocycles. The quantitative estimate of drug-likeness (QED) is 0.836. The summed E-state index contributed by atoms with van der Waals surface area (Å²) in [6.07, 6.45) is -1.94. The summed E-state index contributed by atoms with van der Waals surface area (Å²) in [4.78, 5) is 1.91. The third kappa shape index (κ3) is 4.09. The largest absolute Gasteiger partial charge is 0.419 e. The minimum Gasteiger partial charge on any atom is -0.371 e. The molecule has 0 aliphatic carbocycles. The number of nitrogens with zero attached hydrogens (tertiary/aromatic N) is 1. The third-order valence-corrected chi connectivity index (χ3v) is 3.90. The predicted molar refractivity (Wildman–Crippen MR) is 74.9 cm³/mol. The Morgan fingerprint density at radius 3 is 2.71 bits per heavy atom. The fourth-order valence-corrected chi connectivity index (χ4v) is 2.64. The van der Waals surface area contributed by atoms with Crippen molar-refractivity contribution in [2.24, 2.45) is 0 Å². The molecule has 2 rings (SSSR count). The molecule has 0 amide bonds. The van der Waals surface area contributed by atoms with E-state index < -0.39 is 17.6 Å². The van der Waals surface area contributed by atoms with Gasteiger partial charge in [-0.2, -0.15) is 13.2 Å². The van der Waals surface area contributed by atoms with Crippen molar-refractivity contribution < 1.29 is 17.6 Å². The normalized spacial score (nSPS) is 21.0. The molecule has 1 unspecified atom stereocenters. The van der Waals surface area contributed by atoms with Crippen molar-refractivity contribution in [3.63, 3.8) is 0 Å². The molecule has 1 atom stereocenters. The Balaban J connectivity index is 2.20. The van der Waals surface area contributed by atoms with E-state index in [4.69, 9.17) is 0 Å². The number of alkyl halides is 3.